The van der Waals surface area contributed by atoms with Gasteiger partial charge in [-0.25, -0.2) is 0 Å². The highest BCUT2D eigenvalue weighted by Crippen LogP contribution is 2.33. The summed E-state index contributed by atoms with van der Waals surface area (Å²) in [5.74, 6) is 0. The zero-order valence-corrected chi connectivity index (χ0v) is 9.00. The van der Waals surface area contributed by atoms with Crippen LogP contribution in [0.3, 0.4) is 0 Å². The van der Waals surface area contributed by atoms with Gasteiger partial charge < -0.3 is 0 Å². The maximum atomic E-state index is 3.77. The van der Waals surface area contributed by atoms with Gasteiger partial charge in [0.15, 0.2) is 0 Å². The molecule has 1 aromatic carbocycles. The minimum Gasteiger partial charge on any atom is -0.297 e. The van der Waals surface area contributed by atoms with Crippen LogP contribution in [0.15, 0.2) is 30.3 Å². The SMILES string of the molecule is c1ccc([C@H]2CNC3(CCCC3)N2)cc1. The summed E-state index contributed by atoms with van der Waals surface area (Å²) in [5.41, 5.74) is 1.68. The van der Waals surface area contributed by atoms with Crippen LogP contribution in [0, 0.1) is 0 Å². The van der Waals surface area contributed by atoms with Crippen LogP contribution in [0.1, 0.15) is 37.3 Å². The molecule has 2 aliphatic rings. The second kappa shape index (κ2) is 3.62. The Labute approximate surface area is 91.1 Å². The molecule has 0 amide bonds. The fraction of sp³-hybridized carbons (Fsp3) is 0.538. The van der Waals surface area contributed by atoms with Crippen LogP contribution < -0.4 is 10.6 Å². The summed E-state index contributed by atoms with van der Waals surface area (Å²) in [5, 5.41) is 7.44. The molecule has 1 atom stereocenters. The van der Waals surface area contributed by atoms with Gasteiger partial charge in [0, 0.05) is 12.6 Å². The molecule has 0 radical (unpaired) electrons. The molecule has 2 nitrogen and oxygen atoms in total. The topological polar surface area (TPSA) is 24.1 Å². The molecular formula is C13H18N2. The van der Waals surface area contributed by atoms with E-state index < -0.39 is 0 Å². The van der Waals surface area contributed by atoms with Gasteiger partial charge >= 0.3 is 0 Å². The van der Waals surface area contributed by atoms with E-state index >= 15 is 0 Å². The van der Waals surface area contributed by atoms with Gasteiger partial charge in [-0.15, -0.1) is 0 Å². The lowest BCUT2D eigenvalue weighted by molar-refractivity contribution is 0.332. The van der Waals surface area contributed by atoms with Crippen molar-refractivity contribution in [2.75, 3.05) is 6.54 Å². The molecule has 1 heterocycles. The summed E-state index contributed by atoms with van der Waals surface area (Å²) >= 11 is 0. The highest BCUT2D eigenvalue weighted by molar-refractivity contribution is 5.22. The van der Waals surface area contributed by atoms with Gasteiger partial charge in [-0.2, -0.15) is 0 Å². The van der Waals surface area contributed by atoms with Gasteiger partial charge in [-0.3, -0.25) is 10.6 Å². The molecule has 1 aromatic rings. The average Bonchev–Trinajstić information content (AvgIpc) is 2.91. The zero-order valence-electron chi connectivity index (χ0n) is 9.00. The molecule has 1 aliphatic heterocycles. The molecule has 80 valence electrons. The maximum absolute atomic E-state index is 3.77. The summed E-state index contributed by atoms with van der Waals surface area (Å²) in [6.07, 6.45) is 5.30. The third-order valence-electron chi connectivity index (χ3n) is 3.75. The van der Waals surface area contributed by atoms with Crippen molar-refractivity contribution in [1.29, 1.82) is 0 Å². The number of rotatable bonds is 1. The quantitative estimate of drug-likeness (QED) is 0.729. The van der Waals surface area contributed by atoms with Crippen LogP contribution in [-0.2, 0) is 0 Å². The van der Waals surface area contributed by atoms with Gasteiger partial charge in [-0.1, -0.05) is 43.2 Å². The Bertz CT molecular complexity index is 328. The Morgan fingerprint density at radius 3 is 2.53 bits per heavy atom. The van der Waals surface area contributed by atoms with Crippen LogP contribution in [-0.4, -0.2) is 12.2 Å². The second-order valence-electron chi connectivity index (χ2n) is 4.78. The van der Waals surface area contributed by atoms with Crippen molar-refractivity contribution in [2.24, 2.45) is 0 Å². The predicted molar refractivity (Wildman–Crippen MR) is 61.5 cm³/mol. The second-order valence-corrected chi connectivity index (χ2v) is 4.78. The number of hydrogen-bond acceptors (Lipinski definition) is 2. The molecule has 1 aliphatic carbocycles. The smallest absolute Gasteiger partial charge is 0.0693 e. The Morgan fingerprint density at radius 1 is 1.07 bits per heavy atom. The Balaban J connectivity index is 1.76. The normalized spacial score (nSPS) is 28.7. The van der Waals surface area contributed by atoms with E-state index in [9.17, 15) is 0 Å². The van der Waals surface area contributed by atoms with Gasteiger partial charge in [0.25, 0.3) is 0 Å². The number of hydrogen-bond donors (Lipinski definition) is 2. The van der Waals surface area contributed by atoms with Crippen LogP contribution in [0.25, 0.3) is 0 Å². The lowest BCUT2D eigenvalue weighted by Crippen LogP contribution is -2.46. The van der Waals surface area contributed by atoms with Crippen LogP contribution in [0.5, 0.6) is 0 Å². The summed E-state index contributed by atoms with van der Waals surface area (Å²) in [7, 11) is 0. The van der Waals surface area contributed by atoms with Crippen molar-refractivity contribution in [1.82, 2.24) is 10.6 Å². The van der Waals surface area contributed by atoms with Crippen LogP contribution >= 0.6 is 0 Å². The van der Waals surface area contributed by atoms with Gasteiger partial charge in [-0.05, 0) is 18.4 Å². The standard InChI is InChI=1S/C13H18N2/c1-2-6-11(7-3-1)12-10-14-13(15-12)8-4-5-9-13/h1-3,6-7,12,14-15H,4-5,8-10H2/t12-/m1/s1. The largest absolute Gasteiger partial charge is 0.297 e. The highest BCUT2D eigenvalue weighted by atomic mass is 15.3. The molecule has 0 unspecified atom stereocenters. The average molecular weight is 202 g/mol. The zero-order chi connectivity index (χ0) is 10.1. The summed E-state index contributed by atoms with van der Waals surface area (Å²) in [4.78, 5) is 0. The highest BCUT2D eigenvalue weighted by Gasteiger charge is 2.40. The molecule has 2 N–H and O–H groups in total. The Kier molecular flexibility index (Phi) is 2.26. The molecule has 15 heavy (non-hydrogen) atoms. The first-order chi connectivity index (χ1) is 7.38. The van der Waals surface area contributed by atoms with Crippen molar-refractivity contribution in [3.63, 3.8) is 0 Å². The Morgan fingerprint density at radius 2 is 1.80 bits per heavy atom. The summed E-state index contributed by atoms with van der Waals surface area (Å²) < 4.78 is 0. The summed E-state index contributed by atoms with van der Waals surface area (Å²) in [6.45, 7) is 1.07. The number of benzene rings is 1. The van der Waals surface area contributed by atoms with Gasteiger partial charge in [0.1, 0.15) is 0 Å². The minimum atomic E-state index is 0.264. The third kappa shape index (κ3) is 1.68. The first kappa shape index (κ1) is 9.37. The fourth-order valence-corrected chi connectivity index (χ4v) is 2.92. The van der Waals surface area contributed by atoms with Gasteiger partial charge in [0.2, 0.25) is 0 Å². The van der Waals surface area contributed by atoms with E-state index in [0.717, 1.165) is 6.54 Å². The van der Waals surface area contributed by atoms with Crippen molar-refractivity contribution < 1.29 is 0 Å². The van der Waals surface area contributed by atoms with E-state index in [1.165, 1.54) is 31.2 Å². The lowest BCUT2D eigenvalue weighted by atomic mass is 10.1. The monoisotopic (exact) mass is 202 g/mol. The number of nitrogens with one attached hydrogen (secondary N) is 2. The molecule has 1 saturated carbocycles. The minimum absolute atomic E-state index is 0.264. The van der Waals surface area contributed by atoms with E-state index in [4.69, 9.17) is 0 Å². The molecule has 3 rings (SSSR count). The third-order valence-corrected chi connectivity index (χ3v) is 3.75. The first-order valence-electron chi connectivity index (χ1n) is 5.96. The molecule has 0 bridgehead atoms. The molecule has 2 fully saturated rings. The van der Waals surface area contributed by atoms with Crippen molar-refractivity contribution in [2.45, 2.75) is 37.4 Å². The van der Waals surface area contributed by atoms with E-state index in [-0.39, 0.29) is 5.66 Å². The van der Waals surface area contributed by atoms with E-state index in [1.807, 2.05) is 0 Å². The first-order valence-corrected chi connectivity index (χ1v) is 5.96. The van der Waals surface area contributed by atoms with Crippen molar-refractivity contribution in [3.8, 4) is 0 Å². The fourth-order valence-electron chi connectivity index (χ4n) is 2.92. The van der Waals surface area contributed by atoms with E-state index in [1.54, 1.807) is 0 Å². The van der Waals surface area contributed by atoms with Gasteiger partial charge in [0.05, 0.1) is 5.66 Å². The Hall–Kier alpha value is -0.860. The van der Waals surface area contributed by atoms with Crippen LogP contribution in [0.4, 0.5) is 0 Å². The molecule has 1 spiro atoms. The van der Waals surface area contributed by atoms with E-state index in [2.05, 4.69) is 41.0 Å². The maximum Gasteiger partial charge on any atom is 0.0693 e. The van der Waals surface area contributed by atoms with Crippen molar-refractivity contribution in [3.05, 3.63) is 35.9 Å². The molecule has 1 saturated heterocycles. The lowest BCUT2D eigenvalue weighted by Gasteiger charge is -2.24. The van der Waals surface area contributed by atoms with E-state index in [0.29, 0.717) is 6.04 Å². The molecule has 2 heteroatoms. The van der Waals surface area contributed by atoms with Crippen LogP contribution in [0.2, 0.25) is 0 Å². The molecule has 0 aromatic heterocycles. The molecular weight excluding hydrogens is 184 g/mol. The summed E-state index contributed by atoms with van der Waals surface area (Å²) in [6, 6.07) is 11.3. The predicted octanol–water partition coefficient (Wildman–Crippen LogP) is 2.19. The van der Waals surface area contributed by atoms with Crippen molar-refractivity contribution >= 4 is 0 Å².